The summed E-state index contributed by atoms with van der Waals surface area (Å²) in [5.41, 5.74) is 0. The molecule has 0 aromatic carbocycles. The van der Waals surface area contributed by atoms with E-state index in [9.17, 15) is 8.42 Å². The molecule has 3 rings (SSSR count). The van der Waals surface area contributed by atoms with E-state index in [2.05, 4.69) is 25.9 Å². The molecule has 0 bridgehead atoms. The van der Waals surface area contributed by atoms with Crippen molar-refractivity contribution in [3.8, 4) is 6.01 Å². The minimum atomic E-state index is -3.44. The molecule has 2 saturated heterocycles. The fourth-order valence-electron chi connectivity index (χ4n) is 2.45. The molecule has 1 atom stereocenters. The van der Waals surface area contributed by atoms with Gasteiger partial charge in [-0.3, -0.25) is 0 Å². The Balaban J connectivity index is 1.60. The Morgan fingerprint density at radius 2 is 1.86 bits per heavy atom. The van der Waals surface area contributed by atoms with Crippen LogP contribution in [0, 0.1) is 0 Å². The molecule has 0 amide bonds. The lowest BCUT2D eigenvalue weighted by molar-refractivity contribution is 0.0703. The van der Waals surface area contributed by atoms with E-state index in [-0.39, 0.29) is 12.1 Å². The van der Waals surface area contributed by atoms with Gasteiger partial charge < -0.3 is 9.47 Å². The third kappa shape index (κ3) is 3.57. The van der Waals surface area contributed by atoms with Crippen molar-refractivity contribution in [2.75, 3.05) is 39.4 Å². The zero-order valence-corrected chi connectivity index (χ0v) is 14.3. The number of ether oxygens (including phenoxy) is 2. The summed E-state index contributed by atoms with van der Waals surface area (Å²) in [7, 11) is -3.44. The molecule has 2 fully saturated rings. The predicted molar refractivity (Wildman–Crippen MR) is 81.6 cm³/mol. The quantitative estimate of drug-likeness (QED) is 0.730. The van der Waals surface area contributed by atoms with Gasteiger partial charge in [-0.1, -0.05) is 0 Å². The summed E-state index contributed by atoms with van der Waals surface area (Å²) in [6.45, 7) is 2.46. The van der Waals surface area contributed by atoms with Crippen LogP contribution in [0.3, 0.4) is 0 Å². The van der Waals surface area contributed by atoms with Gasteiger partial charge in [-0.05, 0) is 22.4 Å². The molecule has 0 spiro atoms. The predicted octanol–water partition coefficient (Wildman–Crippen LogP) is 0.269. The molecule has 0 radical (unpaired) electrons. The summed E-state index contributed by atoms with van der Waals surface area (Å²) in [5.74, 6) is 0. The Labute approximate surface area is 137 Å². The fourth-order valence-corrected chi connectivity index (χ4v) is 4.29. The van der Waals surface area contributed by atoms with Crippen LogP contribution in [0.5, 0.6) is 6.01 Å². The standard InChI is InChI=1S/C12H17BrN4O4S/c13-10-7-14-12(15-8-10)21-11-1-2-17(9-11)22(18,19)16-3-5-20-6-4-16/h7-8,11H,1-6,9H2. The van der Waals surface area contributed by atoms with Crippen molar-refractivity contribution >= 4 is 26.1 Å². The normalized spacial score (nSPS) is 24.5. The summed E-state index contributed by atoms with van der Waals surface area (Å²) >= 11 is 3.25. The Morgan fingerprint density at radius 1 is 1.18 bits per heavy atom. The van der Waals surface area contributed by atoms with E-state index in [1.165, 1.54) is 8.61 Å². The average Bonchev–Trinajstić information content (AvgIpc) is 3.00. The van der Waals surface area contributed by atoms with E-state index in [0.29, 0.717) is 45.8 Å². The number of halogens is 1. The van der Waals surface area contributed by atoms with Crippen LogP contribution in [0.1, 0.15) is 6.42 Å². The topological polar surface area (TPSA) is 84.9 Å². The van der Waals surface area contributed by atoms with E-state index < -0.39 is 10.2 Å². The highest BCUT2D eigenvalue weighted by atomic mass is 79.9. The van der Waals surface area contributed by atoms with E-state index in [1.54, 1.807) is 12.4 Å². The second-order valence-corrected chi connectivity index (χ2v) is 7.93. The van der Waals surface area contributed by atoms with Gasteiger partial charge in [0.25, 0.3) is 10.2 Å². The van der Waals surface area contributed by atoms with Crippen LogP contribution in [0.15, 0.2) is 16.9 Å². The molecule has 1 aromatic rings. The molecule has 22 heavy (non-hydrogen) atoms. The van der Waals surface area contributed by atoms with Gasteiger partial charge in [-0.25, -0.2) is 9.97 Å². The molecule has 1 aromatic heterocycles. The number of rotatable bonds is 4. The third-order valence-corrected chi connectivity index (χ3v) is 6.01. The Hall–Kier alpha value is -0.810. The molecule has 8 nitrogen and oxygen atoms in total. The van der Waals surface area contributed by atoms with Crippen LogP contribution in [0.2, 0.25) is 0 Å². The molecular weight excluding hydrogens is 376 g/mol. The van der Waals surface area contributed by atoms with Gasteiger partial charge in [-0.2, -0.15) is 17.0 Å². The summed E-state index contributed by atoms with van der Waals surface area (Å²) in [4.78, 5) is 8.09. The molecule has 1 unspecified atom stereocenters. The van der Waals surface area contributed by atoms with Crippen LogP contribution in [0.4, 0.5) is 0 Å². The molecule has 2 aliphatic rings. The molecule has 3 heterocycles. The zero-order valence-electron chi connectivity index (χ0n) is 11.9. The van der Waals surface area contributed by atoms with Crippen LogP contribution < -0.4 is 4.74 Å². The second kappa shape index (κ2) is 6.75. The van der Waals surface area contributed by atoms with Gasteiger partial charge in [-0.15, -0.1) is 0 Å². The molecule has 2 aliphatic heterocycles. The highest BCUT2D eigenvalue weighted by Crippen LogP contribution is 2.21. The second-order valence-electron chi connectivity index (χ2n) is 5.09. The van der Waals surface area contributed by atoms with Crippen molar-refractivity contribution < 1.29 is 17.9 Å². The molecule has 122 valence electrons. The van der Waals surface area contributed by atoms with Crippen molar-refractivity contribution in [2.45, 2.75) is 12.5 Å². The first-order valence-electron chi connectivity index (χ1n) is 7.03. The number of morpholine rings is 1. The summed E-state index contributed by atoms with van der Waals surface area (Å²) in [6.07, 6.45) is 3.60. The molecule has 10 heteroatoms. The number of aromatic nitrogens is 2. The zero-order chi connectivity index (χ0) is 15.6. The van der Waals surface area contributed by atoms with Crippen molar-refractivity contribution in [1.82, 2.24) is 18.6 Å². The van der Waals surface area contributed by atoms with Gasteiger partial charge in [0.1, 0.15) is 6.10 Å². The Morgan fingerprint density at radius 3 is 2.55 bits per heavy atom. The largest absolute Gasteiger partial charge is 0.459 e. The monoisotopic (exact) mass is 392 g/mol. The van der Waals surface area contributed by atoms with E-state index in [1.807, 2.05) is 0 Å². The molecular formula is C12H17BrN4O4S. The Kier molecular flexibility index (Phi) is 4.93. The van der Waals surface area contributed by atoms with Crippen LogP contribution in [-0.4, -0.2) is 72.5 Å². The SMILES string of the molecule is O=S(=O)(N1CCOCC1)N1CCC(Oc2ncc(Br)cn2)C1. The lowest BCUT2D eigenvalue weighted by Gasteiger charge is -2.29. The maximum atomic E-state index is 12.5. The first-order valence-corrected chi connectivity index (χ1v) is 9.22. The highest BCUT2D eigenvalue weighted by molar-refractivity contribution is 9.10. The third-order valence-electron chi connectivity index (χ3n) is 3.60. The molecule has 0 saturated carbocycles. The highest BCUT2D eigenvalue weighted by Gasteiger charge is 2.37. The molecule has 0 aliphatic carbocycles. The number of hydrogen-bond donors (Lipinski definition) is 0. The first kappa shape index (κ1) is 16.1. The minimum Gasteiger partial charge on any atom is -0.459 e. The van der Waals surface area contributed by atoms with Gasteiger partial charge in [0, 0.05) is 32.0 Å². The van der Waals surface area contributed by atoms with E-state index in [0.717, 1.165) is 4.47 Å². The average molecular weight is 393 g/mol. The van der Waals surface area contributed by atoms with Crippen molar-refractivity contribution in [1.29, 1.82) is 0 Å². The van der Waals surface area contributed by atoms with Crippen LogP contribution >= 0.6 is 15.9 Å². The number of nitrogens with zero attached hydrogens (tertiary/aromatic N) is 4. The smallest absolute Gasteiger partial charge is 0.316 e. The molecule has 0 N–H and O–H groups in total. The van der Waals surface area contributed by atoms with Crippen molar-refractivity contribution in [3.05, 3.63) is 16.9 Å². The van der Waals surface area contributed by atoms with Gasteiger partial charge in [0.05, 0.1) is 24.2 Å². The summed E-state index contributed by atoms with van der Waals surface area (Å²) < 4.78 is 39.6. The van der Waals surface area contributed by atoms with Crippen LogP contribution in [0.25, 0.3) is 0 Å². The summed E-state index contributed by atoms with van der Waals surface area (Å²) in [6, 6.07) is 0.263. The summed E-state index contributed by atoms with van der Waals surface area (Å²) in [5, 5.41) is 0. The van der Waals surface area contributed by atoms with E-state index >= 15 is 0 Å². The minimum absolute atomic E-state index is 0.225. The van der Waals surface area contributed by atoms with Gasteiger partial charge in [0.2, 0.25) is 0 Å². The lowest BCUT2D eigenvalue weighted by Crippen LogP contribution is -2.48. The van der Waals surface area contributed by atoms with Crippen LogP contribution in [-0.2, 0) is 14.9 Å². The maximum absolute atomic E-state index is 12.5. The maximum Gasteiger partial charge on any atom is 0.316 e. The van der Waals surface area contributed by atoms with Crippen molar-refractivity contribution in [3.63, 3.8) is 0 Å². The fraction of sp³-hybridized carbons (Fsp3) is 0.667. The van der Waals surface area contributed by atoms with Gasteiger partial charge in [0.15, 0.2) is 0 Å². The van der Waals surface area contributed by atoms with E-state index in [4.69, 9.17) is 9.47 Å². The number of hydrogen-bond acceptors (Lipinski definition) is 6. The Bertz CT molecular complexity index is 606. The lowest BCUT2D eigenvalue weighted by atomic mass is 10.3. The van der Waals surface area contributed by atoms with Gasteiger partial charge >= 0.3 is 6.01 Å². The first-order chi connectivity index (χ1) is 10.6. The van der Waals surface area contributed by atoms with Crippen molar-refractivity contribution in [2.24, 2.45) is 0 Å².